The van der Waals surface area contributed by atoms with E-state index in [0.717, 1.165) is 42.4 Å². The van der Waals surface area contributed by atoms with E-state index in [0.29, 0.717) is 24.5 Å². The quantitative estimate of drug-likeness (QED) is 0.401. The molecule has 0 bridgehead atoms. The van der Waals surface area contributed by atoms with Crippen molar-refractivity contribution in [3.8, 4) is 11.5 Å². The molecule has 0 atom stereocenters. The van der Waals surface area contributed by atoms with Gasteiger partial charge >= 0.3 is 6.01 Å². The van der Waals surface area contributed by atoms with Crippen LogP contribution in [0.2, 0.25) is 0 Å². The highest BCUT2D eigenvalue weighted by molar-refractivity contribution is 7.89. The van der Waals surface area contributed by atoms with E-state index in [1.165, 1.54) is 28.6 Å². The molecule has 0 fully saturated rings. The van der Waals surface area contributed by atoms with Crippen LogP contribution in [-0.4, -0.2) is 41.9 Å². The number of benzene rings is 2. The summed E-state index contributed by atoms with van der Waals surface area (Å²) in [5, 5.41) is 10.5. The number of aryl methyl sites for hydroxylation is 2. The number of hydrogen-bond acceptors (Lipinski definition) is 6. The third-order valence-corrected chi connectivity index (χ3v) is 7.46. The van der Waals surface area contributed by atoms with Crippen LogP contribution >= 0.6 is 0 Å². The summed E-state index contributed by atoms with van der Waals surface area (Å²) in [5.74, 6) is -0.147. The van der Waals surface area contributed by atoms with Crippen LogP contribution in [-0.2, 0) is 10.0 Å². The molecule has 8 nitrogen and oxygen atoms in total. The molecule has 1 N–H and O–H groups in total. The van der Waals surface area contributed by atoms with Gasteiger partial charge in [-0.25, -0.2) is 8.42 Å². The molecule has 0 aliphatic rings. The van der Waals surface area contributed by atoms with Crippen LogP contribution in [0.4, 0.5) is 6.01 Å². The standard InChI is InChI=1S/C25H32N4O4S/c1-5-7-15-29(16-8-6-2)34(31,32)21-13-11-20(12-14-21)23(30)26-25-28-27-24(33-25)22-17-18(3)9-10-19(22)4/h9-14,17H,5-8,15-16H2,1-4H3,(H,26,28,30). The molecule has 34 heavy (non-hydrogen) atoms. The molecule has 1 amide bonds. The molecule has 3 rings (SSSR count). The first-order valence-corrected chi connectivity index (χ1v) is 13.0. The Balaban J connectivity index is 1.73. The van der Waals surface area contributed by atoms with Crippen molar-refractivity contribution in [3.63, 3.8) is 0 Å². The SMILES string of the molecule is CCCCN(CCCC)S(=O)(=O)c1ccc(C(=O)Nc2nnc(-c3cc(C)ccc3C)o2)cc1. The van der Waals surface area contributed by atoms with Crippen LogP contribution in [0.15, 0.2) is 51.8 Å². The topological polar surface area (TPSA) is 105 Å². The number of hydrogen-bond donors (Lipinski definition) is 1. The Morgan fingerprint density at radius 2 is 1.62 bits per heavy atom. The number of carbonyl (C=O) groups excluding carboxylic acids is 1. The average molecular weight is 485 g/mol. The van der Waals surface area contributed by atoms with Gasteiger partial charge in [0, 0.05) is 24.2 Å². The lowest BCUT2D eigenvalue weighted by Gasteiger charge is -2.22. The first-order chi connectivity index (χ1) is 16.3. The molecule has 1 aromatic heterocycles. The smallest absolute Gasteiger partial charge is 0.322 e. The maximum Gasteiger partial charge on any atom is 0.322 e. The molecule has 0 aliphatic carbocycles. The minimum absolute atomic E-state index is 0.0251. The minimum Gasteiger partial charge on any atom is -0.403 e. The van der Waals surface area contributed by atoms with Gasteiger partial charge in [0.25, 0.3) is 5.91 Å². The molecule has 0 saturated heterocycles. The van der Waals surface area contributed by atoms with Gasteiger partial charge in [-0.2, -0.15) is 4.31 Å². The molecule has 0 unspecified atom stereocenters. The van der Waals surface area contributed by atoms with Gasteiger partial charge in [0.2, 0.25) is 15.9 Å². The van der Waals surface area contributed by atoms with Crippen molar-refractivity contribution in [2.45, 2.75) is 58.3 Å². The zero-order valence-electron chi connectivity index (χ0n) is 20.2. The molecule has 0 aliphatic heterocycles. The lowest BCUT2D eigenvalue weighted by Crippen LogP contribution is -2.33. The monoisotopic (exact) mass is 484 g/mol. The first kappa shape index (κ1) is 25.6. The fraction of sp³-hybridized carbons (Fsp3) is 0.400. The van der Waals surface area contributed by atoms with Crippen molar-refractivity contribution in [3.05, 3.63) is 59.2 Å². The highest BCUT2D eigenvalue weighted by atomic mass is 32.2. The molecule has 2 aromatic carbocycles. The van der Waals surface area contributed by atoms with Gasteiger partial charge in [0.05, 0.1) is 4.90 Å². The van der Waals surface area contributed by atoms with Gasteiger partial charge in [-0.1, -0.05) is 49.5 Å². The summed E-state index contributed by atoms with van der Waals surface area (Å²) in [6.07, 6.45) is 3.44. The van der Waals surface area contributed by atoms with Gasteiger partial charge in [0.1, 0.15) is 0 Å². The molecular weight excluding hydrogens is 452 g/mol. The molecule has 182 valence electrons. The third kappa shape index (κ3) is 6.09. The van der Waals surface area contributed by atoms with Gasteiger partial charge in [-0.15, -0.1) is 5.10 Å². The summed E-state index contributed by atoms with van der Waals surface area (Å²) < 4.78 is 33.4. The second kappa shape index (κ2) is 11.4. The van der Waals surface area contributed by atoms with Crippen molar-refractivity contribution < 1.29 is 17.6 Å². The van der Waals surface area contributed by atoms with Gasteiger partial charge in [-0.05, 0) is 62.6 Å². The van der Waals surface area contributed by atoms with Crippen molar-refractivity contribution >= 4 is 21.9 Å². The summed E-state index contributed by atoms with van der Waals surface area (Å²) in [5.41, 5.74) is 3.13. The number of sulfonamides is 1. The zero-order valence-corrected chi connectivity index (χ0v) is 21.0. The van der Waals surface area contributed by atoms with Crippen molar-refractivity contribution in [1.29, 1.82) is 0 Å². The van der Waals surface area contributed by atoms with E-state index >= 15 is 0 Å². The summed E-state index contributed by atoms with van der Waals surface area (Å²) in [7, 11) is -3.62. The van der Waals surface area contributed by atoms with Gasteiger partial charge in [-0.3, -0.25) is 10.1 Å². The van der Waals surface area contributed by atoms with Crippen LogP contribution < -0.4 is 5.32 Å². The van der Waals surface area contributed by atoms with Gasteiger partial charge in [0.15, 0.2) is 0 Å². The average Bonchev–Trinajstić information content (AvgIpc) is 3.28. The Bertz CT molecular complexity index is 1210. The molecule has 0 saturated carbocycles. The van der Waals surface area contributed by atoms with Crippen LogP contribution in [0.25, 0.3) is 11.5 Å². The zero-order chi connectivity index (χ0) is 24.7. The Hall–Kier alpha value is -3.04. The highest BCUT2D eigenvalue weighted by Crippen LogP contribution is 2.25. The fourth-order valence-electron chi connectivity index (χ4n) is 3.47. The largest absolute Gasteiger partial charge is 0.403 e. The summed E-state index contributed by atoms with van der Waals surface area (Å²) in [6, 6.07) is 11.8. The second-order valence-electron chi connectivity index (χ2n) is 8.32. The van der Waals surface area contributed by atoms with Crippen LogP contribution in [0, 0.1) is 13.8 Å². The lowest BCUT2D eigenvalue weighted by atomic mass is 10.1. The molecular formula is C25H32N4O4S. The van der Waals surface area contributed by atoms with Gasteiger partial charge < -0.3 is 4.42 Å². The number of rotatable bonds is 11. The summed E-state index contributed by atoms with van der Waals surface area (Å²) in [4.78, 5) is 12.8. The van der Waals surface area contributed by atoms with E-state index in [1.807, 2.05) is 45.9 Å². The Kier molecular flexibility index (Phi) is 8.57. The number of carbonyl (C=O) groups is 1. The Morgan fingerprint density at radius 3 is 2.24 bits per heavy atom. The maximum absolute atomic E-state index is 13.1. The van der Waals surface area contributed by atoms with E-state index < -0.39 is 15.9 Å². The fourth-order valence-corrected chi connectivity index (χ4v) is 4.98. The second-order valence-corrected chi connectivity index (χ2v) is 10.3. The molecule has 0 spiro atoms. The molecule has 9 heteroatoms. The summed E-state index contributed by atoms with van der Waals surface area (Å²) >= 11 is 0. The number of unbranched alkanes of at least 4 members (excludes halogenated alkanes) is 2. The third-order valence-electron chi connectivity index (χ3n) is 5.55. The van der Waals surface area contributed by atoms with E-state index in [1.54, 1.807) is 0 Å². The van der Waals surface area contributed by atoms with Crippen molar-refractivity contribution in [2.24, 2.45) is 0 Å². The molecule has 1 heterocycles. The maximum atomic E-state index is 13.1. The first-order valence-electron chi connectivity index (χ1n) is 11.6. The number of anilines is 1. The van der Waals surface area contributed by atoms with E-state index in [2.05, 4.69) is 15.5 Å². The Morgan fingerprint density at radius 1 is 0.971 bits per heavy atom. The van der Waals surface area contributed by atoms with E-state index in [4.69, 9.17) is 4.42 Å². The van der Waals surface area contributed by atoms with Crippen LogP contribution in [0.5, 0.6) is 0 Å². The highest BCUT2D eigenvalue weighted by Gasteiger charge is 2.24. The van der Waals surface area contributed by atoms with Crippen molar-refractivity contribution in [2.75, 3.05) is 18.4 Å². The Labute approximate surface area is 201 Å². The van der Waals surface area contributed by atoms with Crippen molar-refractivity contribution in [1.82, 2.24) is 14.5 Å². The lowest BCUT2D eigenvalue weighted by molar-refractivity contribution is 0.102. The number of amides is 1. The number of aromatic nitrogens is 2. The van der Waals surface area contributed by atoms with E-state index in [-0.39, 0.29) is 10.9 Å². The van der Waals surface area contributed by atoms with Crippen LogP contribution in [0.1, 0.15) is 61.0 Å². The number of nitrogens with one attached hydrogen (secondary N) is 1. The van der Waals surface area contributed by atoms with Crippen LogP contribution in [0.3, 0.4) is 0 Å². The predicted octanol–water partition coefficient (Wildman–Crippen LogP) is 5.20. The number of nitrogens with zero attached hydrogens (tertiary/aromatic N) is 3. The van der Waals surface area contributed by atoms with E-state index in [9.17, 15) is 13.2 Å². The molecule has 3 aromatic rings. The predicted molar refractivity (Wildman–Crippen MR) is 132 cm³/mol. The molecule has 0 radical (unpaired) electrons. The minimum atomic E-state index is -3.62. The normalized spacial score (nSPS) is 11.7. The summed E-state index contributed by atoms with van der Waals surface area (Å²) in [6.45, 7) is 8.96.